The Kier molecular flexibility index (Phi) is 10.4. The van der Waals surface area contributed by atoms with Crippen LogP contribution in [0.2, 0.25) is 0 Å². The number of benzene rings is 15. The fourth-order valence-corrected chi connectivity index (χ4v) is 14.1. The van der Waals surface area contributed by atoms with Crippen molar-refractivity contribution in [1.82, 2.24) is 4.57 Å². The molecule has 18 rings (SSSR count). The van der Waals surface area contributed by atoms with Crippen LogP contribution >= 0.6 is 0 Å². The number of para-hydroxylation sites is 4. The minimum atomic E-state index is 0.886. The molecule has 85 heavy (non-hydrogen) atoms. The molecular weight excluding hydrogens is 1030 g/mol. The van der Waals surface area contributed by atoms with Crippen LogP contribution in [0.25, 0.3) is 181 Å². The number of rotatable bonds is 7. The first-order valence-corrected chi connectivity index (χ1v) is 29.2. The predicted molar refractivity (Wildman–Crippen MR) is 358 cm³/mol. The lowest BCUT2D eigenvalue weighted by atomic mass is 9.85. The van der Waals surface area contributed by atoms with Crippen LogP contribution in [0, 0.1) is 0 Å². The second kappa shape index (κ2) is 18.6. The van der Waals surface area contributed by atoms with Crippen molar-refractivity contribution in [1.29, 1.82) is 0 Å². The summed E-state index contributed by atoms with van der Waals surface area (Å²) in [5.74, 6) is 0. The first kappa shape index (κ1) is 47.4. The van der Waals surface area contributed by atoms with Gasteiger partial charge in [0, 0.05) is 49.1 Å². The zero-order chi connectivity index (χ0) is 55.7. The summed E-state index contributed by atoms with van der Waals surface area (Å²) in [6.45, 7) is 0. The molecule has 18 aromatic rings. The van der Waals surface area contributed by atoms with Gasteiger partial charge in [0.15, 0.2) is 0 Å². The van der Waals surface area contributed by atoms with Crippen LogP contribution in [0.1, 0.15) is 0 Å². The molecule has 0 saturated heterocycles. The van der Waals surface area contributed by atoms with Crippen molar-refractivity contribution in [3.63, 3.8) is 0 Å². The fourth-order valence-electron chi connectivity index (χ4n) is 14.1. The molecule has 0 spiro atoms. The van der Waals surface area contributed by atoms with E-state index in [-0.39, 0.29) is 0 Å². The van der Waals surface area contributed by atoms with E-state index in [2.05, 4.69) is 290 Å². The quantitative estimate of drug-likeness (QED) is 0.149. The third kappa shape index (κ3) is 7.34. The summed E-state index contributed by atoms with van der Waals surface area (Å²) in [5.41, 5.74) is 20.8. The molecule has 3 nitrogen and oxygen atoms in total. The van der Waals surface area contributed by atoms with Crippen LogP contribution in [-0.2, 0) is 0 Å². The van der Waals surface area contributed by atoms with Crippen molar-refractivity contribution in [2.75, 3.05) is 0 Å². The van der Waals surface area contributed by atoms with Gasteiger partial charge < -0.3 is 13.4 Å². The second-order valence-corrected chi connectivity index (χ2v) is 22.6. The van der Waals surface area contributed by atoms with Crippen molar-refractivity contribution in [2.45, 2.75) is 0 Å². The lowest BCUT2D eigenvalue weighted by molar-refractivity contribution is 0.669. The molecule has 0 aliphatic rings. The van der Waals surface area contributed by atoms with Gasteiger partial charge in [0.1, 0.15) is 22.3 Å². The molecule has 0 saturated carbocycles. The molecule has 0 aliphatic carbocycles. The van der Waals surface area contributed by atoms with Crippen molar-refractivity contribution in [3.8, 4) is 72.4 Å². The highest BCUT2D eigenvalue weighted by Gasteiger charge is 2.23. The Balaban J connectivity index is 0.880. The molecule has 0 aliphatic heterocycles. The number of hydrogen-bond acceptors (Lipinski definition) is 2. The normalized spacial score (nSPS) is 12.0. The zero-order valence-electron chi connectivity index (χ0n) is 46.1. The maximum Gasteiger partial charge on any atom is 0.143 e. The standard InChI is InChI=1S/C82H49NO2/c1-3-19-59-50(15-1)17-11-25-61(59)52-33-37-54(38-34-52)79-67-23-5-6-24-68(67)80(55-39-35-53(36-40-55)62-26-12-18-51-16-2-4-20-60(51)62)74-49-58(43-44-69(74)79)83-75-45-41-56(63-27-13-29-70-65-21-7-9-31-77(65)84-81(63)70)47-72(75)73-48-57(42-46-76(73)83)64-28-14-30-71-66-22-8-10-32-78(66)85-82(64)71/h1-49H. The Labute approximate surface area is 489 Å². The van der Waals surface area contributed by atoms with Crippen LogP contribution in [0.5, 0.6) is 0 Å². The van der Waals surface area contributed by atoms with Crippen LogP contribution in [0.3, 0.4) is 0 Å². The van der Waals surface area contributed by atoms with Crippen LogP contribution in [-0.4, -0.2) is 4.57 Å². The molecule has 3 aromatic heterocycles. The van der Waals surface area contributed by atoms with E-state index in [1.54, 1.807) is 0 Å². The highest BCUT2D eigenvalue weighted by atomic mass is 16.3. The topological polar surface area (TPSA) is 31.2 Å². The largest absolute Gasteiger partial charge is 0.455 e. The van der Waals surface area contributed by atoms with E-state index in [0.717, 1.165) is 99.2 Å². The van der Waals surface area contributed by atoms with Crippen molar-refractivity contribution in [3.05, 3.63) is 297 Å². The molecule has 0 fully saturated rings. The Bertz CT molecular complexity index is 5590. The van der Waals surface area contributed by atoms with Crippen molar-refractivity contribution >= 4 is 109 Å². The molecule has 0 amide bonds. The SMILES string of the molecule is c1ccc2c(-c3ccc(-c4c5ccccc5c(-c5ccc(-c6cccc7ccccc67)cc5)c5cc(-n6c7ccc(-c8cccc9c8oc8ccccc89)cc7c7cc(-c8cccc9c8oc8ccccc89)ccc76)ccc45)cc3)cccc2c1. The van der Waals surface area contributed by atoms with Gasteiger partial charge in [-0.2, -0.15) is 0 Å². The number of aromatic nitrogens is 1. The van der Waals surface area contributed by atoms with Crippen molar-refractivity contribution < 1.29 is 8.83 Å². The Morgan fingerprint density at radius 2 is 0.576 bits per heavy atom. The van der Waals surface area contributed by atoms with Gasteiger partial charge in [-0.15, -0.1) is 0 Å². The van der Waals surface area contributed by atoms with E-state index in [1.807, 2.05) is 12.1 Å². The molecule has 3 heterocycles. The molecule has 394 valence electrons. The Hall–Kier alpha value is -11.3. The predicted octanol–water partition coefficient (Wildman–Crippen LogP) is 23.2. The molecule has 0 bridgehead atoms. The number of fused-ring (bicyclic) bond motifs is 13. The summed E-state index contributed by atoms with van der Waals surface area (Å²) in [6.07, 6.45) is 0. The molecule has 3 heteroatoms. The highest BCUT2D eigenvalue weighted by Crippen LogP contribution is 2.48. The van der Waals surface area contributed by atoms with Crippen LogP contribution in [0.4, 0.5) is 0 Å². The van der Waals surface area contributed by atoms with Gasteiger partial charge in [-0.1, -0.05) is 249 Å². The summed E-state index contributed by atoms with van der Waals surface area (Å²) >= 11 is 0. The van der Waals surface area contributed by atoms with E-state index in [4.69, 9.17) is 8.83 Å². The van der Waals surface area contributed by atoms with Gasteiger partial charge in [-0.25, -0.2) is 0 Å². The Morgan fingerprint density at radius 3 is 1.08 bits per heavy atom. The summed E-state index contributed by atoms with van der Waals surface area (Å²) in [5, 5.41) is 16.5. The summed E-state index contributed by atoms with van der Waals surface area (Å²) < 4.78 is 15.8. The minimum absolute atomic E-state index is 0.886. The monoisotopic (exact) mass is 1080 g/mol. The maximum atomic E-state index is 6.69. The maximum absolute atomic E-state index is 6.69. The van der Waals surface area contributed by atoms with Gasteiger partial charge in [-0.05, 0) is 147 Å². The van der Waals surface area contributed by atoms with Gasteiger partial charge >= 0.3 is 0 Å². The molecule has 0 radical (unpaired) electrons. The average Bonchev–Trinajstić information content (AvgIpc) is 2.83. The smallest absolute Gasteiger partial charge is 0.143 e. The summed E-state index contributed by atoms with van der Waals surface area (Å²) in [6, 6.07) is 109. The third-order valence-corrected chi connectivity index (χ3v) is 18.0. The number of nitrogens with zero attached hydrogens (tertiary/aromatic N) is 1. The second-order valence-electron chi connectivity index (χ2n) is 22.6. The van der Waals surface area contributed by atoms with E-state index in [0.29, 0.717) is 0 Å². The van der Waals surface area contributed by atoms with Gasteiger partial charge in [0.05, 0.1) is 11.0 Å². The lowest BCUT2D eigenvalue weighted by Gasteiger charge is -2.20. The lowest BCUT2D eigenvalue weighted by Crippen LogP contribution is -1.96. The first-order chi connectivity index (χ1) is 42.1. The summed E-state index contributed by atoms with van der Waals surface area (Å²) in [7, 11) is 0. The minimum Gasteiger partial charge on any atom is -0.455 e. The fraction of sp³-hybridized carbons (Fsp3) is 0. The van der Waals surface area contributed by atoms with Gasteiger partial charge in [-0.3, -0.25) is 0 Å². The van der Waals surface area contributed by atoms with Gasteiger partial charge in [0.2, 0.25) is 0 Å². The number of furan rings is 2. The van der Waals surface area contributed by atoms with E-state index in [1.165, 1.54) is 82.0 Å². The van der Waals surface area contributed by atoms with E-state index in [9.17, 15) is 0 Å². The third-order valence-electron chi connectivity index (χ3n) is 18.0. The van der Waals surface area contributed by atoms with Crippen LogP contribution in [0.15, 0.2) is 306 Å². The molecule has 15 aromatic carbocycles. The molecule has 0 atom stereocenters. The molecule has 0 N–H and O–H groups in total. The highest BCUT2D eigenvalue weighted by molar-refractivity contribution is 6.23. The summed E-state index contributed by atoms with van der Waals surface area (Å²) in [4.78, 5) is 0. The average molecular weight is 1080 g/mol. The van der Waals surface area contributed by atoms with E-state index < -0.39 is 0 Å². The first-order valence-electron chi connectivity index (χ1n) is 29.2. The zero-order valence-corrected chi connectivity index (χ0v) is 46.1. The molecular formula is C82H49NO2. The molecule has 0 unspecified atom stereocenters. The number of hydrogen-bond donors (Lipinski definition) is 0. The van der Waals surface area contributed by atoms with Crippen molar-refractivity contribution in [2.24, 2.45) is 0 Å². The van der Waals surface area contributed by atoms with E-state index >= 15 is 0 Å². The van der Waals surface area contributed by atoms with Crippen LogP contribution < -0.4 is 0 Å². The Morgan fingerprint density at radius 1 is 0.212 bits per heavy atom. The van der Waals surface area contributed by atoms with Gasteiger partial charge in [0.25, 0.3) is 0 Å².